The number of hydrogen-bond donors (Lipinski definition) is 1. The van der Waals surface area contributed by atoms with Gasteiger partial charge in [0.1, 0.15) is 18.3 Å². The molecule has 42 heavy (non-hydrogen) atoms. The number of rotatable bonds is 11. The van der Waals surface area contributed by atoms with Crippen LogP contribution in [0.4, 0.5) is 5.69 Å². The number of amides is 2. The van der Waals surface area contributed by atoms with E-state index in [9.17, 15) is 18.0 Å². The first kappa shape index (κ1) is 31.9. The molecule has 1 saturated carbocycles. The molecule has 8 nitrogen and oxygen atoms in total. The Morgan fingerprint density at radius 2 is 1.67 bits per heavy atom. The molecule has 224 valence electrons. The smallest absolute Gasteiger partial charge is 0.264 e. The van der Waals surface area contributed by atoms with E-state index in [4.69, 9.17) is 39.5 Å². The largest absolute Gasteiger partial charge is 0.497 e. The summed E-state index contributed by atoms with van der Waals surface area (Å²) in [5, 5.41) is 3.98. The Balaban J connectivity index is 1.70. The van der Waals surface area contributed by atoms with Crippen molar-refractivity contribution in [1.82, 2.24) is 10.2 Å². The molecule has 1 atom stereocenters. The lowest BCUT2D eigenvalue weighted by molar-refractivity contribution is -0.139. The number of hydrogen-bond acceptors (Lipinski definition) is 5. The van der Waals surface area contributed by atoms with Gasteiger partial charge in [0.2, 0.25) is 11.8 Å². The van der Waals surface area contributed by atoms with Crippen molar-refractivity contribution in [3.05, 3.63) is 87.4 Å². The van der Waals surface area contributed by atoms with Crippen LogP contribution in [-0.4, -0.2) is 50.9 Å². The molecule has 1 aliphatic rings. The van der Waals surface area contributed by atoms with Gasteiger partial charge in [0.15, 0.2) is 0 Å². The van der Waals surface area contributed by atoms with Crippen LogP contribution in [0.25, 0.3) is 0 Å². The van der Waals surface area contributed by atoms with E-state index in [1.54, 1.807) is 43.3 Å². The third-order valence-corrected chi connectivity index (χ3v) is 9.99. The summed E-state index contributed by atoms with van der Waals surface area (Å²) in [6.45, 7) is 1.04. The van der Waals surface area contributed by atoms with Gasteiger partial charge in [-0.15, -0.1) is 0 Å². The summed E-state index contributed by atoms with van der Waals surface area (Å²) in [7, 11) is -2.76. The third-order valence-electron chi connectivity index (χ3n) is 7.23. The van der Waals surface area contributed by atoms with Gasteiger partial charge in [-0.1, -0.05) is 59.8 Å². The monoisotopic (exact) mass is 651 g/mol. The molecule has 2 amide bonds. The lowest BCUT2D eigenvalue weighted by Gasteiger charge is -2.32. The summed E-state index contributed by atoms with van der Waals surface area (Å²) in [5.41, 5.74) is 0.829. The van der Waals surface area contributed by atoms with E-state index < -0.39 is 28.5 Å². The maximum atomic E-state index is 14.1. The SMILES string of the molecule is COc1ccc(S(=O)(=O)N(CC(=O)N(Cc2ccc(Cl)c(Cl)c2)C(C)C(=O)NC2CCCC2)c2cccc(Cl)c2)cc1. The predicted octanol–water partition coefficient (Wildman–Crippen LogP) is 6.33. The Kier molecular flexibility index (Phi) is 10.6. The second kappa shape index (κ2) is 14.0. The summed E-state index contributed by atoms with van der Waals surface area (Å²) in [6, 6.07) is 16.2. The Morgan fingerprint density at radius 1 is 0.976 bits per heavy atom. The van der Waals surface area contributed by atoms with Crippen molar-refractivity contribution in [2.75, 3.05) is 18.0 Å². The van der Waals surface area contributed by atoms with Gasteiger partial charge in [-0.05, 0) is 79.9 Å². The van der Waals surface area contributed by atoms with Gasteiger partial charge < -0.3 is 15.0 Å². The second-order valence-corrected chi connectivity index (χ2v) is 13.2. The molecule has 3 aromatic rings. The van der Waals surface area contributed by atoms with E-state index in [2.05, 4.69) is 5.32 Å². The number of anilines is 1. The molecular weight excluding hydrogens is 621 g/mol. The normalized spacial score (nSPS) is 14.3. The molecule has 0 saturated heterocycles. The summed E-state index contributed by atoms with van der Waals surface area (Å²) < 4.78 is 34.0. The zero-order chi connectivity index (χ0) is 30.4. The number of carbonyl (C=O) groups excluding carboxylic acids is 2. The minimum atomic E-state index is -4.24. The van der Waals surface area contributed by atoms with Crippen molar-refractivity contribution in [2.45, 2.75) is 56.1 Å². The number of ether oxygens (including phenoxy) is 1. The van der Waals surface area contributed by atoms with Crippen molar-refractivity contribution < 1.29 is 22.7 Å². The second-order valence-electron chi connectivity index (χ2n) is 10.1. The quantitative estimate of drug-likeness (QED) is 0.261. The van der Waals surface area contributed by atoms with Gasteiger partial charge >= 0.3 is 0 Å². The van der Waals surface area contributed by atoms with Gasteiger partial charge in [0, 0.05) is 17.6 Å². The zero-order valence-corrected chi connectivity index (χ0v) is 26.3. The Morgan fingerprint density at radius 3 is 2.29 bits per heavy atom. The maximum absolute atomic E-state index is 14.1. The fourth-order valence-electron chi connectivity index (χ4n) is 4.84. The van der Waals surface area contributed by atoms with Crippen LogP contribution >= 0.6 is 34.8 Å². The number of benzene rings is 3. The standard InChI is InChI=1S/C30H32Cl3N3O5S/c1-20(30(38)34-23-7-3-4-8-23)35(18-21-10-15-27(32)28(33)16-21)29(37)19-36(24-9-5-6-22(31)17-24)42(39,40)26-13-11-25(41-2)12-14-26/h5-6,9-17,20,23H,3-4,7-8,18-19H2,1-2H3,(H,34,38). The molecule has 0 heterocycles. The predicted molar refractivity (Wildman–Crippen MR) is 166 cm³/mol. The molecule has 1 fully saturated rings. The summed E-state index contributed by atoms with van der Waals surface area (Å²) in [4.78, 5) is 28.7. The van der Waals surface area contributed by atoms with E-state index >= 15 is 0 Å². The molecule has 1 aliphatic carbocycles. The van der Waals surface area contributed by atoms with Crippen LogP contribution in [0.1, 0.15) is 38.2 Å². The molecule has 0 aromatic heterocycles. The molecule has 3 aromatic carbocycles. The average molecular weight is 653 g/mol. The molecule has 0 bridgehead atoms. The average Bonchev–Trinajstić information content (AvgIpc) is 3.49. The van der Waals surface area contributed by atoms with Crippen molar-refractivity contribution in [1.29, 1.82) is 0 Å². The molecule has 0 radical (unpaired) electrons. The van der Waals surface area contributed by atoms with Crippen LogP contribution in [0, 0.1) is 0 Å². The van der Waals surface area contributed by atoms with Crippen molar-refractivity contribution in [3.8, 4) is 5.75 Å². The van der Waals surface area contributed by atoms with Gasteiger partial charge in [0.05, 0.1) is 27.7 Å². The fraction of sp³-hybridized carbons (Fsp3) is 0.333. The zero-order valence-electron chi connectivity index (χ0n) is 23.2. The van der Waals surface area contributed by atoms with E-state index in [-0.39, 0.29) is 29.1 Å². The van der Waals surface area contributed by atoms with Gasteiger partial charge in [0.25, 0.3) is 10.0 Å². The van der Waals surface area contributed by atoms with E-state index in [0.717, 1.165) is 30.0 Å². The van der Waals surface area contributed by atoms with Gasteiger partial charge in [-0.3, -0.25) is 13.9 Å². The Labute approximate surface area is 261 Å². The van der Waals surface area contributed by atoms with Crippen molar-refractivity contribution in [3.63, 3.8) is 0 Å². The molecule has 4 rings (SSSR count). The summed E-state index contributed by atoms with van der Waals surface area (Å²) >= 11 is 18.6. The first-order chi connectivity index (χ1) is 20.0. The number of sulfonamides is 1. The van der Waals surface area contributed by atoms with Crippen molar-refractivity contribution in [2.24, 2.45) is 0 Å². The third kappa shape index (κ3) is 7.69. The number of nitrogens with zero attached hydrogens (tertiary/aromatic N) is 2. The molecular formula is C30H32Cl3N3O5S. The van der Waals surface area contributed by atoms with Crippen LogP contribution in [-0.2, 0) is 26.2 Å². The van der Waals surface area contributed by atoms with Crippen LogP contribution in [0.2, 0.25) is 15.1 Å². The molecule has 0 aliphatic heterocycles. The molecule has 0 spiro atoms. The first-order valence-electron chi connectivity index (χ1n) is 13.5. The van der Waals surface area contributed by atoms with E-state index in [1.165, 1.54) is 42.3 Å². The van der Waals surface area contributed by atoms with Crippen molar-refractivity contribution >= 4 is 62.3 Å². The highest BCUT2D eigenvalue weighted by Crippen LogP contribution is 2.29. The Bertz CT molecular complexity index is 1530. The number of nitrogens with one attached hydrogen (secondary N) is 1. The fourth-order valence-corrected chi connectivity index (χ4v) is 6.76. The highest BCUT2D eigenvalue weighted by molar-refractivity contribution is 7.92. The number of methoxy groups -OCH3 is 1. The van der Waals surface area contributed by atoms with Crippen LogP contribution in [0.15, 0.2) is 71.6 Å². The topological polar surface area (TPSA) is 96.0 Å². The van der Waals surface area contributed by atoms with Gasteiger partial charge in [-0.25, -0.2) is 8.42 Å². The highest BCUT2D eigenvalue weighted by atomic mass is 35.5. The lowest BCUT2D eigenvalue weighted by atomic mass is 10.1. The maximum Gasteiger partial charge on any atom is 0.264 e. The molecule has 1 N–H and O–H groups in total. The van der Waals surface area contributed by atoms with Crippen LogP contribution in [0.3, 0.4) is 0 Å². The first-order valence-corrected chi connectivity index (χ1v) is 16.0. The van der Waals surface area contributed by atoms with Gasteiger partial charge in [-0.2, -0.15) is 0 Å². The summed E-state index contributed by atoms with van der Waals surface area (Å²) in [5.74, 6) is -0.427. The molecule has 1 unspecified atom stereocenters. The molecule has 12 heteroatoms. The number of halogens is 3. The van der Waals surface area contributed by atoms with E-state index in [0.29, 0.717) is 26.4 Å². The summed E-state index contributed by atoms with van der Waals surface area (Å²) in [6.07, 6.45) is 3.82. The van der Waals surface area contributed by atoms with Crippen LogP contribution < -0.4 is 14.4 Å². The minimum absolute atomic E-state index is 0.000937. The van der Waals surface area contributed by atoms with Crippen LogP contribution in [0.5, 0.6) is 5.75 Å². The minimum Gasteiger partial charge on any atom is -0.497 e. The highest BCUT2D eigenvalue weighted by Gasteiger charge is 2.33. The van der Waals surface area contributed by atoms with E-state index in [1.807, 2.05) is 0 Å². The number of carbonyl (C=O) groups is 2. The lowest BCUT2D eigenvalue weighted by Crippen LogP contribution is -2.52. The Hall–Kier alpha value is -2.98.